The van der Waals surface area contributed by atoms with Crippen LogP contribution in [0.4, 0.5) is 5.69 Å². The van der Waals surface area contributed by atoms with E-state index in [2.05, 4.69) is 11.4 Å². The molecule has 244 valence electrons. The Kier molecular flexibility index (Phi) is 9.66. The number of fused-ring (bicyclic) bond motifs is 1. The number of carbonyl (C=O) groups excluding carboxylic acids is 4. The van der Waals surface area contributed by atoms with E-state index in [4.69, 9.17) is 9.41 Å². The summed E-state index contributed by atoms with van der Waals surface area (Å²) in [5, 5.41) is 14.4. The van der Waals surface area contributed by atoms with E-state index < -0.39 is 17.7 Å². The third kappa shape index (κ3) is 7.22. The second-order valence-electron chi connectivity index (χ2n) is 12.6. The number of benzene rings is 2. The van der Waals surface area contributed by atoms with Crippen molar-refractivity contribution in [2.75, 3.05) is 44.6 Å². The molecule has 0 bridgehead atoms. The molecule has 11 nitrogen and oxygen atoms in total. The zero-order valence-electron chi connectivity index (χ0n) is 26.7. The van der Waals surface area contributed by atoms with Crippen molar-refractivity contribution in [1.82, 2.24) is 14.7 Å². The number of nitrogens with one attached hydrogen (secondary N) is 1. The lowest BCUT2D eigenvalue weighted by Gasteiger charge is -2.25. The van der Waals surface area contributed by atoms with Gasteiger partial charge in [-0.15, -0.1) is 0 Å². The molecule has 2 atom stereocenters. The van der Waals surface area contributed by atoms with Gasteiger partial charge in [0, 0.05) is 54.9 Å². The number of ketones is 1. The van der Waals surface area contributed by atoms with Crippen LogP contribution >= 0.6 is 0 Å². The van der Waals surface area contributed by atoms with Gasteiger partial charge >= 0.3 is 0 Å². The number of carbonyl (C=O) groups is 4. The molecule has 0 spiro atoms. The van der Waals surface area contributed by atoms with Crippen LogP contribution < -0.4 is 5.32 Å². The molecule has 3 aliphatic rings. The minimum atomic E-state index is -1.35. The number of aliphatic imine (C=N–C) groups is 1. The van der Waals surface area contributed by atoms with Gasteiger partial charge in [0.1, 0.15) is 23.2 Å². The molecule has 3 aromatic rings. The van der Waals surface area contributed by atoms with E-state index in [1.807, 2.05) is 19.1 Å². The topological polar surface area (TPSA) is 139 Å². The fourth-order valence-electron chi connectivity index (χ4n) is 6.63. The number of amidine groups is 1. The van der Waals surface area contributed by atoms with E-state index in [0.717, 1.165) is 56.3 Å². The van der Waals surface area contributed by atoms with Gasteiger partial charge in [-0.3, -0.25) is 24.2 Å². The van der Waals surface area contributed by atoms with Crippen LogP contribution in [0.15, 0.2) is 57.9 Å². The number of rotatable bonds is 8. The molecule has 0 radical (unpaired) electrons. The molecule has 3 aliphatic heterocycles. The van der Waals surface area contributed by atoms with Gasteiger partial charge < -0.3 is 24.4 Å². The second kappa shape index (κ2) is 14.2. The molecule has 4 heterocycles. The lowest BCUT2D eigenvalue weighted by Crippen LogP contribution is -2.45. The van der Waals surface area contributed by atoms with Crippen LogP contribution in [-0.4, -0.2) is 89.4 Å². The minimum absolute atomic E-state index is 0.00672. The van der Waals surface area contributed by atoms with E-state index >= 15 is 0 Å². The van der Waals surface area contributed by atoms with Crippen molar-refractivity contribution < 1.29 is 23.6 Å². The summed E-state index contributed by atoms with van der Waals surface area (Å²) >= 11 is 0. The molecule has 47 heavy (non-hydrogen) atoms. The maximum atomic E-state index is 13.9. The predicted octanol–water partition coefficient (Wildman–Crippen LogP) is 4.81. The third-order valence-corrected chi connectivity index (χ3v) is 9.22. The molecule has 1 N–H and O–H groups in total. The minimum Gasteiger partial charge on any atom is -0.461 e. The molecule has 6 rings (SSSR count). The van der Waals surface area contributed by atoms with Crippen molar-refractivity contribution in [3.05, 3.63) is 65.4 Å². The first-order valence-corrected chi connectivity index (χ1v) is 16.6. The number of aryl methyl sites for hydroxylation is 1. The van der Waals surface area contributed by atoms with E-state index in [-0.39, 0.29) is 35.7 Å². The number of furan rings is 1. The number of nitrogens with zero attached hydrogens (tertiary/aromatic N) is 5. The molecule has 0 saturated carbocycles. The highest BCUT2D eigenvalue weighted by atomic mass is 16.3. The first-order chi connectivity index (χ1) is 22.8. The molecular weight excluding hydrogens is 596 g/mol. The highest BCUT2D eigenvalue weighted by Gasteiger charge is 2.33. The summed E-state index contributed by atoms with van der Waals surface area (Å²) < 4.78 is 5.71. The van der Waals surface area contributed by atoms with Crippen LogP contribution in [0, 0.1) is 24.2 Å². The fourth-order valence-corrected chi connectivity index (χ4v) is 6.63. The van der Waals surface area contributed by atoms with Gasteiger partial charge in [-0.1, -0.05) is 12.1 Å². The molecule has 3 amide bonds. The van der Waals surface area contributed by atoms with Crippen molar-refractivity contribution in [1.29, 1.82) is 5.26 Å². The first-order valence-electron chi connectivity index (χ1n) is 16.6. The highest BCUT2D eigenvalue weighted by molar-refractivity contribution is 6.18. The maximum Gasteiger partial charge on any atom is 0.253 e. The van der Waals surface area contributed by atoms with E-state index in [1.54, 1.807) is 51.1 Å². The van der Waals surface area contributed by atoms with Gasteiger partial charge in [0.2, 0.25) is 11.8 Å². The number of hydrogen-bond acceptors (Lipinski definition) is 7. The summed E-state index contributed by atoms with van der Waals surface area (Å²) in [4.78, 5) is 63.5. The Morgan fingerprint density at radius 2 is 1.57 bits per heavy atom. The number of Topliss-reactive ketones (excluding diaryl/α,β-unsaturated/α-hetero) is 1. The van der Waals surface area contributed by atoms with Gasteiger partial charge in [0.25, 0.3) is 5.91 Å². The number of anilines is 1. The zero-order chi connectivity index (χ0) is 32.9. The summed E-state index contributed by atoms with van der Waals surface area (Å²) in [6, 6.07) is 14.9. The number of nitriles is 1. The van der Waals surface area contributed by atoms with Crippen LogP contribution in [-0.2, 0) is 9.59 Å². The zero-order valence-corrected chi connectivity index (χ0v) is 26.7. The van der Waals surface area contributed by atoms with Gasteiger partial charge in [-0.25, -0.2) is 0 Å². The van der Waals surface area contributed by atoms with E-state index in [0.29, 0.717) is 49.3 Å². The first kappa shape index (κ1) is 32.0. The molecule has 3 saturated heterocycles. The lowest BCUT2D eigenvalue weighted by atomic mass is 9.96. The van der Waals surface area contributed by atoms with Crippen LogP contribution in [0.25, 0.3) is 11.0 Å². The summed E-state index contributed by atoms with van der Waals surface area (Å²) in [5.41, 5.74) is 2.02. The van der Waals surface area contributed by atoms with Crippen LogP contribution in [0.2, 0.25) is 0 Å². The summed E-state index contributed by atoms with van der Waals surface area (Å²) in [5.74, 6) is -1.49. The molecule has 2 aromatic carbocycles. The van der Waals surface area contributed by atoms with Gasteiger partial charge in [0.15, 0.2) is 11.7 Å². The largest absolute Gasteiger partial charge is 0.461 e. The number of amides is 3. The maximum absolute atomic E-state index is 13.9. The van der Waals surface area contributed by atoms with E-state index in [9.17, 15) is 24.4 Å². The number of likely N-dealkylation sites (tertiary alicyclic amines) is 3. The smallest absolute Gasteiger partial charge is 0.253 e. The third-order valence-electron chi connectivity index (χ3n) is 9.22. The quantitative estimate of drug-likeness (QED) is 0.213. The summed E-state index contributed by atoms with van der Waals surface area (Å²) in [7, 11) is 0. The Morgan fingerprint density at radius 3 is 2.28 bits per heavy atom. The second-order valence-corrected chi connectivity index (χ2v) is 12.6. The van der Waals surface area contributed by atoms with Gasteiger partial charge in [-0.05, 0) is 88.3 Å². The Bertz CT molecular complexity index is 1730. The molecule has 11 heteroatoms. The van der Waals surface area contributed by atoms with Crippen LogP contribution in [0.3, 0.4) is 0 Å². The van der Waals surface area contributed by atoms with Crippen molar-refractivity contribution in [3.8, 4) is 6.07 Å². The molecule has 1 aromatic heterocycles. The standard InChI is InChI=1S/C36H40N6O5/c1-24-20-27-21-28(13-14-31(27)47-24)38-34(39-30-8-2-3-19-42(36(30)46)23-32(43)40-15-4-5-16-40)29(22-37)33(44)25-9-11-26(12-10-25)35(45)41-17-6-7-18-41/h9-14,20-21,29-30H,2-8,15-19,23H2,1H3,(H,38,39)/t29?,30-/m0/s1. The Morgan fingerprint density at radius 1 is 0.915 bits per heavy atom. The lowest BCUT2D eigenvalue weighted by molar-refractivity contribution is -0.140. The molecule has 3 fully saturated rings. The monoisotopic (exact) mass is 636 g/mol. The normalized spacial score (nSPS) is 19.5. The Labute approximate surface area is 274 Å². The molecular formula is C36H40N6O5. The van der Waals surface area contributed by atoms with Crippen molar-refractivity contribution in [2.24, 2.45) is 10.9 Å². The van der Waals surface area contributed by atoms with Crippen molar-refractivity contribution in [3.63, 3.8) is 0 Å². The predicted molar refractivity (Wildman–Crippen MR) is 177 cm³/mol. The molecule has 0 aliphatic carbocycles. The van der Waals surface area contributed by atoms with Gasteiger partial charge in [-0.2, -0.15) is 5.26 Å². The SMILES string of the molecule is Cc1cc2cc(NC(=N[C@H]3CCCCN(CC(=O)N4CCCC4)C3=O)C(C#N)C(=O)c3ccc(C(=O)N4CCCC4)cc3)ccc2o1. The van der Waals surface area contributed by atoms with E-state index in [1.165, 1.54) is 0 Å². The number of hydrogen-bond donors (Lipinski definition) is 1. The van der Waals surface area contributed by atoms with Crippen LogP contribution in [0.1, 0.15) is 71.4 Å². The Balaban J connectivity index is 1.29. The average Bonchev–Trinajstić information content (AvgIpc) is 3.86. The van der Waals surface area contributed by atoms with Crippen molar-refractivity contribution in [2.45, 2.75) is 57.9 Å². The fraction of sp³-hybridized carbons (Fsp3) is 0.444. The van der Waals surface area contributed by atoms with Crippen LogP contribution in [0.5, 0.6) is 0 Å². The Hall–Kier alpha value is -4.98. The highest BCUT2D eigenvalue weighted by Crippen LogP contribution is 2.25. The van der Waals surface area contributed by atoms with Crippen molar-refractivity contribution >= 4 is 46.0 Å². The summed E-state index contributed by atoms with van der Waals surface area (Å²) in [6.45, 7) is 5.14. The molecule has 1 unspecified atom stereocenters. The average molecular weight is 637 g/mol. The summed E-state index contributed by atoms with van der Waals surface area (Å²) in [6.07, 6.45) is 5.75. The van der Waals surface area contributed by atoms with Gasteiger partial charge in [0.05, 0.1) is 12.6 Å².